The highest BCUT2D eigenvalue weighted by atomic mass is 19.1. The molecule has 19 atom stereocenters. The molecule has 4 aromatic carbocycles. The van der Waals surface area contributed by atoms with E-state index in [0.717, 1.165) is 19.6 Å². The Hall–Kier alpha value is -15.7. The van der Waals surface area contributed by atoms with Crippen LogP contribution in [-0.4, -0.2) is 323 Å². The van der Waals surface area contributed by atoms with E-state index in [1.54, 1.807) is 75.0 Å². The molecule has 4 spiro atoms. The topological polar surface area (TPSA) is 698 Å². The summed E-state index contributed by atoms with van der Waals surface area (Å²) in [5.74, 6) is -10.2. The molecule has 12 saturated heterocycles. The molecule has 58 heteroatoms. The lowest BCUT2D eigenvalue weighted by atomic mass is 9.66. The van der Waals surface area contributed by atoms with Crippen molar-refractivity contribution < 1.29 is 176 Å². The Morgan fingerprint density at radius 1 is 0.367 bits per heavy atom. The number of nitrogens with one attached hydrogen (secondary N) is 8. The minimum Gasteiger partial charge on any atom is -0.447 e. The van der Waals surface area contributed by atoms with E-state index in [2.05, 4.69) is 63.2 Å². The second kappa shape index (κ2) is 36.4. The zero-order valence-electron chi connectivity index (χ0n) is 80.4. The minimum absolute atomic E-state index is 0.0332. The lowest BCUT2D eigenvalue weighted by Gasteiger charge is -2.55. The number of ether oxygens (including phenoxy) is 8. The summed E-state index contributed by atoms with van der Waals surface area (Å²) < 4.78 is 130. The molecule has 20 amide bonds. The summed E-state index contributed by atoms with van der Waals surface area (Å²) in [6.07, 6.45) is -12.4. The molecule has 4 aromatic heterocycles. The first-order valence-electron chi connectivity index (χ1n) is 47.6. The zero-order valence-corrected chi connectivity index (χ0v) is 80.4. The average molecular weight is 2100 g/mol. The van der Waals surface area contributed by atoms with Crippen LogP contribution >= 0.6 is 0 Å². The van der Waals surface area contributed by atoms with E-state index in [4.69, 9.17) is 61.2 Å². The highest BCUT2D eigenvalue weighted by Gasteiger charge is 2.70. The van der Waals surface area contributed by atoms with E-state index in [9.17, 15) is 102 Å². The molecule has 8 aromatic rings. The van der Waals surface area contributed by atoms with Gasteiger partial charge in [0.25, 0.3) is 0 Å². The van der Waals surface area contributed by atoms with E-state index >= 15 is 17.6 Å². The number of rotatable bonds is 10. The van der Waals surface area contributed by atoms with Crippen LogP contribution in [0, 0.1) is 56.3 Å². The number of amides is 20. The third-order valence-electron chi connectivity index (χ3n) is 30.5. The number of carbonyl (C=O) groups is 16. The fourth-order valence-electron chi connectivity index (χ4n) is 24.6. The Morgan fingerprint density at radius 2 is 0.593 bits per heavy atom. The molecule has 150 heavy (non-hydrogen) atoms. The molecule has 0 unspecified atom stereocenters. The van der Waals surface area contributed by atoms with Crippen LogP contribution < -0.4 is 81.7 Å². The van der Waals surface area contributed by atoms with Gasteiger partial charge in [0.15, 0.2) is 68.2 Å². The monoisotopic (exact) mass is 2100 g/mol. The highest BCUT2D eigenvalue weighted by molar-refractivity contribution is 6.24. The average Bonchev–Trinajstić information content (AvgIpc) is 1.20. The number of urea groups is 4. The van der Waals surface area contributed by atoms with E-state index in [0.29, 0.717) is 0 Å². The number of barbiturate groups is 4. The fourth-order valence-corrected chi connectivity index (χ4v) is 24.6. The number of hydrogen-bond donors (Lipinski definition) is 13. The molecule has 792 valence electrons. The Balaban J connectivity index is 0.000000117. The maximum absolute atomic E-state index is 16.2. The predicted octanol–water partition coefficient (Wildman–Crippen LogP) is 0.732. The van der Waals surface area contributed by atoms with Crippen molar-refractivity contribution in [3.8, 4) is 6.07 Å². The molecule has 0 bridgehead atoms. The SMILES string of the molecule is C[C@@H]1CN2c3c(cc4c(N5C(=O)OC[C@@H]5CC#N)noc4c3F)CC3(C(=O)NC(=O)NC3=O)[C@H]2[C@H](C)O1.C[C@@H]1CN2c3c(cc4c(N5C(=O)OC[C@@H]5[C@@H](O)CO)noc4c3F)CC3(C(=O)NC(=O)NC3=O)[C@H]2[C@H](C)O1.C[C@@H]1CN2c3c(cc4c(N5C(=O)OC[C@@H]5[C@H](C)O)noc4c3F)CC3(C(=O)NC(=O)NC3=O)[C@H]2[C@H](C)O1.C[C@@H]1CN2c3c(cc4c(N5C(=O)OC[C@@H]5[C@H](O)CO)noc4c3F)CC3(C(=O)NC(=O)NC3=O)[C@H]2[C@H](C)O1. The molecule has 13 N–H and O–H groups in total. The van der Waals surface area contributed by atoms with Crippen LogP contribution in [0.2, 0.25) is 0 Å². The molecule has 24 rings (SSSR count). The fraction of sp³-hybridized carbons (Fsp3) is 0.511. The van der Waals surface area contributed by atoms with Crippen molar-refractivity contribution in [2.75, 3.05) is 105 Å². The van der Waals surface area contributed by atoms with Gasteiger partial charge in [0.2, 0.25) is 69.6 Å². The lowest BCUT2D eigenvalue weighted by Crippen LogP contribution is -2.75. The summed E-state index contributed by atoms with van der Waals surface area (Å²) in [5.41, 5.74) is -6.81. The van der Waals surface area contributed by atoms with Gasteiger partial charge in [-0.2, -0.15) is 5.26 Å². The number of aliphatic hydroxyl groups is 5. The van der Waals surface area contributed by atoms with Crippen LogP contribution in [-0.2, 0) is 102 Å². The number of hydrogen-bond acceptors (Lipinski definition) is 42. The molecule has 0 radical (unpaired) electrons. The largest absolute Gasteiger partial charge is 0.447 e. The summed E-state index contributed by atoms with van der Waals surface area (Å²) in [5, 5.41) is 91.8. The van der Waals surface area contributed by atoms with Gasteiger partial charge >= 0.3 is 48.5 Å². The summed E-state index contributed by atoms with van der Waals surface area (Å²) in [6, 6.07) is -3.04. The van der Waals surface area contributed by atoms with Gasteiger partial charge in [0.1, 0.15) is 56.8 Å². The summed E-state index contributed by atoms with van der Waals surface area (Å²) in [6.45, 7) is 13.9. The maximum Gasteiger partial charge on any atom is 0.416 e. The predicted molar refractivity (Wildman–Crippen MR) is 490 cm³/mol. The number of fused-ring (bicyclic) bond motifs is 20. The van der Waals surface area contributed by atoms with E-state index in [1.165, 1.54) is 31.2 Å². The quantitative estimate of drug-likeness (QED) is 0.0510. The molecule has 16 aliphatic rings. The van der Waals surface area contributed by atoms with Crippen LogP contribution in [0.25, 0.3) is 43.9 Å². The second-order valence-corrected chi connectivity index (χ2v) is 39.6. The van der Waals surface area contributed by atoms with Gasteiger partial charge in [0.05, 0.1) is 155 Å². The van der Waals surface area contributed by atoms with Crippen LogP contribution in [0.15, 0.2) is 42.4 Å². The minimum atomic E-state index is -1.83. The number of aliphatic hydroxyl groups excluding tert-OH is 5. The van der Waals surface area contributed by atoms with Gasteiger partial charge in [-0.3, -0.25) is 85.8 Å². The third-order valence-corrected chi connectivity index (χ3v) is 30.5. The van der Waals surface area contributed by atoms with Gasteiger partial charge in [0, 0.05) is 51.9 Å². The van der Waals surface area contributed by atoms with Crippen molar-refractivity contribution >= 4 is 186 Å². The maximum atomic E-state index is 16.2. The Labute approximate surface area is 838 Å². The molecule has 16 aliphatic heterocycles. The number of aromatic nitrogens is 4. The van der Waals surface area contributed by atoms with Crippen molar-refractivity contribution in [2.24, 2.45) is 21.7 Å². The first-order valence-corrected chi connectivity index (χ1v) is 47.6. The lowest BCUT2D eigenvalue weighted by molar-refractivity contribution is -0.154. The number of nitrogens with zero attached hydrogens (tertiary/aromatic N) is 13. The van der Waals surface area contributed by atoms with Crippen molar-refractivity contribution in [2.45, 2.75) is 210 Å². The zero-order chi connectivity index (χ0) is 107. The first kappa shape index (κ1) is 100. The van der Waals surface area contributed by atoms with Crippen molar-refractivity contribution in [3.63, 3.8) is 0 Å². The van der Waals surface area contributed by atoms with Gasteiger partial charge in [-0.25, -0.2) is 70.6 Å². The summed E-state index contributed by atoms with van der Waals surface area (Å²) in [4.78, 5) is 215. The molecule has 12 fully saturated rings. The molecule has 54 nitrogen and oxygen atoms in total. The number of benzene rings is 4. The molecule has 0 aliphatic carbocycles. The number of carbonyl (C=O) groups excluding carboxylic acids is 16. The van der Waals surface area contributed by atoms with Crippen molar-refractivity contribution in [1.29, 1.82) is 5.26 Å². The van der Waals surface area contributed by atoms with Crippen molar-refractivity contribution in [3.05, 3.63) is 69.8 Å². The van der Waals surface area contributed by atoms with Crippen LogP contribution in [0.5, 0.6) is 0 Å². The first-order chi connectivity index (χ1) is 71.4. The number of halogens is 4. The molecular formula is C92H93F4N21O33. The van der Waals surface area contributed by atoms with Crippen LogP contribution in [0.1, 0.15) is 91.0 Å². The van der Waals surface area contributed by atoms with Crippen molar-refractivity contribution in [1.82, 2.24) is 63.2 Å². The highest BCUT2D eigenvalue weighted by Crippen LogP contribution is 2.57. The van der Waals surface area contributed by atoms with Gasteiger partial charge in [-0.1, -0.05) is 20.6 Å². The van der Waals surface area contributed by atoms with Crippen LogP contribution in [0.3, 0.4) is 0 Å². The number of cyclic esters (lactones) is 4. The van der Waals surface area contributed by atoms with E-state index < -0.39 is 245 Å². The number of imide groups is 8. The summed E-state index contributed by atoms with van der Waals surface area (Å²) >= 11 is 0. The third kappa shape index (κ3) is 14.9. The molecule has 0 saturated carbocycles. The standard InChI is InChI=1S/C23H21FN6O7.2C23H24FN5O9.C23H24FN5O8/c1-9-7-29-15-11(6-23(17(29)10(2)36-9)19(31)26-21(33)27-20(23)32)5-13-16(14(15)24)37-28-18(13)30-12(3-4-25)8-35-22(30)34;2*1-8-5-28-15-10(4-23(17(28)9(2)37-8)19(32)25-21(34)26-20(23)33)3-11-16(14(15)24)38-27-18(11)29-12(13(31)6-30)7-36-22(29)35;1-8-6-28-15-11(5-23(17(28)10(3)36-8)19(31)25-21(33)26-20(23)32)4-12-16(14(15)24)37-27-18(12)29-13(9(2)30)7-35-22(29)34/h5,9-10,12,17H,3,6-8H2,1-2H3,(H2,26,27,31,32,33);2*3,8-9,12-13,17,30-31H,4-7H2,1-2H3,(H2,25,26,32,33,34);4,8-10,13,17,30H,5-7H2,1-3H3,(H2,25,26,31,32,33)/t9-,10+,12+,17-;8-,9+,12-,13+,17-;8-,9+,12-,13-,17-;8-,9+,10+,13-,17-/m1111/s1. The Morgan fingerprint density at radius 3 is 0.833 bits per heavy atom. The summed E-state index contributed by atoms with van der Waals surface area (Å²) in [7, 11) is 0. The number of nitriles is 1. The van der Waals surface area contributed by atoms with E-state index in [1.807, 2.05) is 6.07 Å². The number of anilines is 8. The van der Waals surface area contributed by atoms with Gasteiger partial charge in [-0.15, -0.1) is 0 Å². The molecule has 20 heterocycles. The second-order valence-electron chi connectivity index (χ2n) is 39.6. The van der Waals surface area contributed by atoms with Gasteiger partial charge < -0.3 is 101 Å². The van der Waals surface area contributed by atoms with Gasteiger partial charge in [-0.05, 0) is 109 Å². The van der Waals surface area contributed by atoms with Crippen LogP contribution in [0.4, 0.5) is 102 Å². The van der Waals surface area contributed by atoms with E-state index in [-0.39, 0.29) is 221 Å². The number of morpholine rings is 4. The molecular weight excluding hydrogens is 2000 g/mol. The Bertz CT molecular complexity index is 6980. The normalized spacial score (nSPS) is 29.1. The smallest absolute Gasteiger partial charge is 0.416 e. The Kier molecular flexibility index (Phi) is 24.3.